The molecule has 17 heavy (non-hydrogen) atoms. The van der Waals surface area contributed by atoms with Crippen LogP contribution in [0.15, 0.2) is 29.2 Å². The first-order valence-electron chi connectivity index (χ1n) is 5.45. The largest absolute Gasteiger partial charge is 0.478 e. The molecule has 0 aliphatic rings. The van der Waals surface area contributed by atoms with Crippen molar-refractivity contribution in [1.82, 2.24) is 0 Å². The first-order valence-corrected chi connectivity index (χ1v) is 6.77. The number of carbonyl (C=O) groups is 1. The smallest absolute Gasteiger partial charge is 0.336 e. The molecule has 0 aliphatic carbocycles. The van der Waals surface area contributed by atoms with Gasteiger partial charge < -0.3 is 9.84 Å². The second-order valence-corrected chi connectivity index (χ2v) is 4.94. The first kappa shape index (κ1) is 13.9. The fraction of sp³-hybridized carbons (Fsp3) is 0.417. The van der Waals surface area contributed by atoms with E-state index in [9.17, 15) is 9.00 Å². The van der Waals surface area contributed by atoms with E-state index in [0.717, 1.165) is 0 Å². The van der Waals surface area contributed by atoms with Gasteiger partial charge in [-0.3, -0.25) is 4.21 Å². The van der Waals surface area contributed by atoms with Crippen LogP contribution in [0.1, 0.15) is 23.7 Å². The minimum absolute atomic E-state index is 0.113. The van der Waals surface area contributed by atoms with Crippen molar-refractivity contribution in [1.29, 1.82) is 0 Å². The normalized spacial score (nSPS) is 12.3. The molecule has 0 radical (unpaired) electrons. The Morgan fingerprint density at radius 1 is 1.41 bits per heavy atom. The highest BCUT2D eigenvalue weighted by Crippen LogP contribution is 2.14. The Morgan fingerprint density at radius 3 is 2.76 bits per heavy atom. The Labute approximate surface area is 103 Å². The van der Waals surface area contributed by atoms with Crippen LogP contribution in [0.25, 0.3) is 0 Å². The van der Waals surface area contributed by atoms with E-state index >= 15 is 0 Å². The summed E-state index contributed by atoms with van der Waals surface area (Å²) < 4.78 is 17.1. The second-order valence-electron chi connectivity index (χ2n) is 3.40. The summed E-state index contributed by atoms with van der Waals surface area (Å²) in [7, 11) is -1.28. The van der Waals surface area contributed by atoms with Crippen LogP contribution in [0.3, 0.4) is 0 Å². The lowest BCUT2D eigenvalue weighted by Gasteiger charge is -2.05. The van der Waals surface area contributed by atoms with Crippen molar-refractivity contribution in [3.63, 3.8) is 0 Å². The topological polar surface area (TPSA) is 63.6 Å². The van der Waals surface area contributed by atoms with Gasteiger partial charge in [0.25, 0.3) is 0 Å². The molecule has 0 saturated heterocycles. The average Bonchev–Trinajstić information content (AvgIpc) is 2.34. The molecular weight excluding hydrogens is 240 g/mol. The lowest BCUT2D eigenvalue weighted by atomic mass is 10.2. The van der Waals surface area contributed by atoms with Gasteiger partial charge in [0.1, 0.15) is 0 Å². The number of carboxylic acid groups (broad SMARTS) is 1. The summed E-state index contributed by atoms with van der Waals surface area (Å²) in [5, 5.41) is 8.97. The fourth-order valence-electron chi connectivity index (χ4n) is 1.39. The van der Waals surface area contributed by atoms with Crippen LogP contribution in [0.2, 0.25) is 0 Å². The first-order chi connectivity index (χ1) is 8.16. The van der Waals surface area contributed by atoms with E-state index in [1.807, 2.05) is 6.92 Å². The molecule has 0 saturated carbocycles. The highest BCUT2D eigenvalue weighted by Gasteiger charge is 2.13. The predicted octanol–water partition coefficient (Wildman–Crippen LogP) is 1.92. The molecule has 1 aromatic rings. The SMILES string of the molecule is CCOCCCS(=O)c1ccccc1C(=O)O. The molecule has 0 aromatic heterocycles. The standard InChI is InChI=1S/C12H16O4S/c1-2-16-8-5-9-17(15)11-7-4-3-6-10(11)12(13)14/h3-4,6-7H,2,5,8-9H2,1H3,(H,13,14). The molecule has 0 aliphatic heterocycles. The summed E-state index contributed by atoms with van der Waals surface area (Å²) in [5.41, 5.74) is 0.113. The molecule has 5 heteroatoms. The average molecular weight is 256 g/mol. The van der Waals surface area contributed by atoms with Crippen LogP contribution >= 0.6 is 0 Å². The van der Waals surface area contributed by atoms with Gasteiger partial charge in [0.15, 0.2) is 0 Å². The van der Waals surface area contributed by atoms with Gasteiger partial charge in [-0.1, -0.05) is 12.1 Å². The molecule has 1 unspecified atom stereocenters. The Morgan fingerprint density at radius 2 is 2.12 bits per heavy atom. The van der Waals surface area contributed by atoms with Gasteiger partial charge in [0, 0.05) is 19.0 Å². The van der Waals surface area contributed by atoms with Crippen molar-refractivity contribution in [3.8, 4) is 0 Å². The van der Waals surface area contributed by atoms with Crippen molar-refractivity contribution in [3.05, 3.63) is 29.8 Å². The number of carboxylic acids is 1. The highest BCUT2D eigenvalue weighted by atomic mass is 32.2. The Balaban J connectivity index is 2.65. The minimum atomic E-state index is -1.28. The summed E-state index contributed by atoms with van der Waals surface area (Å²) in [4.78, 5) is 11.3. The summed E-state index contributed by atoms with van der Waals surface area (Å²) in [6.07, 6.45) is 0.661. The van der Waals surface area contributed by atoms with Gasteiger partial charge in [-0.15, -0.1) is 0 Å². The zero-order chi connectivity index (χ0) is 12.7. The monoisotopic (exact) mass is 256 g/mol. The van der Waals surface area contributed by atoms with Crippen molar-refractivity contribution in [2.75, 3.05) is 19.0 Å². The summed E-state index contributed by atoms with van der Waals surface area (Å²) in [6, 6.07) is 6.39. The van der Waals surface area contributed by atoms with Crippen LogP contribution in [0.4, 0.5) is 0 Å². The maximum absolute atomic E-state index is 11.9. The van der Waals surface area contributed by atoms with Crippen LogP contribution in [0, 0.1) is 0 Å². The molecule has 0 amide bonds. The predicted molar refractivity (Wildman–Crippen MR) is 65.8 cm³/mol. The van der Waals surface area contributed by atoms with Crippen LogP contribution in [0.5, 0.6) is 0 Å². The third-order valence-corrected chi connectivity index (χ3v) is 3.69. The van der Waals surface area contributed by atoms with Crippen molar-refractivity contribution < 1.29 is 18.8 Å². The van der Waals surface area contributed by atoms with Crippen LogP contribution in [-0.2, 0) is 15.5 Å². The Hall–Kier alpha value is -1.20. The van der Waals surface area contributed by atoms with E-state index < -0.39 is 16.8 Å². The molecule has 0 spiro atoms. The van der Waals surface area contributed by atoms with Gasteiger partial charge in [0.2, 0.25) is 0 Å². The number of ether oxygens (including phenoxy) is 1. The van der Waals surface area contributed by atoms with Crippen molar-refractivity contribution in [2.45, 2.75) is 18.2 Å². The lowest BCUT2D eigenvalue weighted by molar-refractivity contribution is 0.0693. The third-order valence-electron chi connectivity index (χ3n) is 2.19. The molecule has 1 atom stereocenters. The second kappa shape index (κ2) is 7.19. The van der Waals surface area contributed by atoms with Gasteiger partial charge >= 0.3 is 5.97 Å². The van der Waals surface area contributed by atoms with Gasteiger partial charge in [-0.25, -0.2) is 4.79 Å². The maximum atomic E-state index is 11.9. The zero-order valence-electron chi connectivity index (χ0n) is 9.72. The van der Waals surface area contributed by atoms with Gasteiger partial charge in [-0.2, -0.15) is 0 Å². The lowest BCUT2D eigenvalue weighted by Crippen LogP contribution is -2.08. The fourth-order valence-corrected chi connectivity index (χ4v) is 2.62. The summed E-state index contributed by atoms with van der Waals surface area (Å²) >= 11 is 0. The number of hydrogen-bond donors (Lipinski definition) is 1. The molecule has 94 valence electrons. The molecule has 4 nitrogen and oxygen atoms in total. The van der Waals surface area contributed by atoms with Gasteiger partial charge in [-0.05, 0) is 25.5 Å². The molecule has 0 bridgehead atoms. The maximum Gasteiger partial charge on any atom is 0.336 e. The number of rotatable bonds is 7. The Bertz CT molecular complexity index is 403. The van der Waals surface area contributed by atoms with Crippen molar-refractivity contribution in [2.24, 2.45) is 0 Å². The van der Waals surface area contributed by atoms with E-state index in [1.54, 1.807) is 18.2 Å². The zero-order valence-corrected chi connectivity index (χ0v) is 10.5. The van der Waals surface area contributed by atoms with Gasteiger partial charge in [0.05, 0.1) is 21.3 Å². The number of aromatic carboxylic acids is 1. The third kappa shape index (κ3) is 4.28. The van der Waals surface area contributed by atoms with Crippen molar-refractivity contribution >= 4 is 16.8 Å². The molecule has 0 fully saturated rings. The molecule has 1 aromatic carbocycles. The molecule has 1 rings (SSSR count). The molecule has 1 N–H and O–H groups in total. The van der Waals surface area contributed by atoms with E-state index in [0.29, 0.717) is 30.3 Å². The summed E-state index contributed by atoms with van der Waals surface area (Å²) in [5.74, 6) is -0.622. The van der Waals surface area contributed by atoms with E-state index in [2.05, 4.69) is 0 Å². The van der Waals surface area contributed by atoms with E-state index in [1.165, 1.54) is 6.07 Å². The van der Waals surface area contributed by atoms with Crippen LogP contribution in [-0.4, -0.2) is 34.3 Å². The molecular formula is C12H16O4S. The minimum Gasteiger partial charge on any atom is -0.478 e. The molecule has 0 heterocycles. The van der Waals surface area contributed by atoms with Crippen LogP contribution < -0.4 is 0 Å². The quantitative estimate of drug-likeness (QED) is 0.757. The summed E-state index contributed by atoms with van der Waals surface area (Å²) in [6.45, 7) is 3.09. The number of hydrogen-bond acceptors (Lipinski definition) is 3. The highest BCUT2D eigenvalue weighted by molar-refractivity contribution is 7.85. The number of benzene rings is 1. The Kier molecular flexibility index (Phi) is 5.86. The van der Waals surface area contributed by atoms with E-state index in [-0.39, 0.29) is 5.56 Å². The van der Waals surface area contributed by atoms with E-state index in [4.69, 9.17) is 9.84 Å².